The summed E-state index contributed by atoms with van der Waals surface area (Å²) in [5, 5.41) is 10.4. The van der Waals surface area contributed by atoms with Gasteiger partial charge in [-0.05, 0) is 37.4 Å². The van der Waals surface area contributed by atoms with Crippen molar-refractivity contribution in [3.8, 4) is 0 Å². The van der Waals surface area contributed by atoms with Crippen LogP contribution < -0.4 is 5.32 Å². The number of nitrogens with zero attached hydrogens (tertiary/aromatic N) is 4. The van der Waals surface area contributed by atoms with E-state index in [0.717, 1.165) is 17.8 Å². The smallest absolute Gasteiger partial charge is 0.185 e. The molecule has 158 valence electrons. The molecule has 0 radical (unpaired) electrons. The highest BCUT2D eigenvalue weighted by Crippen LogP contribution is 2.42. The number of H-pyrrole nitrogens is 1. The van der Waals surface area contributed by atoms with Crippen molar-refractivity contribution < 1.29 is 9.18 Å². The number of hydrogen-bond acceptors (Lipinski definition) is 6. The Morgan fingerprint density at radius 2 is 2.00 bits per heavy atom. The Labute approximate surface area is 179 Å². The number of benzene rings is 2. The molecule has 0 aliphatic carbocycles. The second kappa shape index (κ2) is 7.70. The van der Waals surface area contributed by atoms with Gasteiger partial charge in [0.05, 0.1) is 11.6 Å². The Kier molecular flexibility index (Phi) is 4.86. The van der Waals surface area contributed by atoms with Gasteiger partial charge in [0.2, 0.25) is 0 Å². The topological polar surface area (TPSA) is 86.3 Å². The van der Waals surface area contributed by atoms with E-state index >= 15 is 0 Å². The fourth-order valence-corrected chi connectivity index (χ4v) is 4.58. The van der Waals surface area contributed by atoms with Crippen LogP contribution in [0, 0.1) is 5.82 Å². The molecule has 2 aromatic carbocycles. The van der Waals surface area contributed by atoms with E-state index < -0.39 is 5.82 Å². The van der Waals surface area contributed by atoms with Crippen LogP contribution in [0.15, 0.2) is 47.7 Å². The van der Waals surface area contributed by atoms with Gasteiger partial charge in [-0.1, -0.05) is 24.3 Å². The number of aromatic amines is 1. The van der Waals surface area contributed by atoms with Crippen molar-refractivity contribution in [3.63, 3.8) is 0 Å². The number of anilines is 1. The molecule has 8 heteroatoms. The summed E-state index contributed by atoms with van der Waals surface area (Å²) in [7, 11) is 4.08. The van der Waals surface area contributed by atoms with E-state index in [1.807, 2.05) is 14.1 Å². The molecular weight excluding hydrogens is 395 g/mol. The van der Waals surface area contributed by atoms with Crippen LogP contribution in [0.4, 0.5) is 10.1 Å². The highest BCUT2D eigenvalue weighted by atomic mass is 19.1. The van der Waals surface area contributed by atoms with E-state index in [0.29, 0.717) is 29.2 Å². The lowest BCUT2D eigenvalue weighted by atomic mass is 9.78. The molecule has 0 amide bonds. The summed E-state index contributed by atoms with van der Waals surface area (Å²) in [5.74, 6) is -0.201. The number of rotatable bonds is 4. The van der Waals surface area contributed by atoms with Gasteiger partial charge in [0, 0.05) is 35.8 Å². The molecule has 3 heterocycles. The Balaban J connectivity index is 1.63. The zero-order valence-electron chi connectivity index (χ0n) is 17.4. The number of hydrogen-bond donors (Lipinski definition) is 2. The molecule has 2 atom stereocenters. The van der Waals surface area contributed by atoms with Crippen molar-refractivity contribution in [1.29, 1.82) is 0 Å². The van der Waals surface area contributed by atoms with Gasteiger partial charge in [-0.15, -0.1) is 0 Å². The second-order valence-electron chi connectivity index (χ2n) is 8.32. The molecule has 31 heavy (non-hydrogen) atoms. The third-order valence-corrected chi connectivity index (χ3v) is 5.90. The molecule has 0 bridgehead atoms. The first-order valence-corrected chi connectivity index (χ1v) is 10.3. The largest absolute Gasteiger partial charge is 0.384 e. The maximum absolute atomic E-state index is 14.3. The Hall–Kier alpha value is -3.39. The lowest BCUT2D eigenvalue weighted by Crippen LogP contribution is -2.28. The van der Waals surface area contributed by atoms with E-state index in [9.17, 15) is 9.18 Å². The molecule has 2 N–H and O–H groups in total. The number of ketones is 1. The lowest BCUT2D eigenvalue weighted by molar-refractivity contribution is 0.0999. The van der Waals surface area contributed by atoms with Gasteiger partial charge in [-0.2, -0.15) is 5.10 Å². The standard InChI is InChI=1S/C23H23FN6O/c1-30(2)11-13-3-5-14(6-4-13)17-9-25-18-8-15(24)7-16-19(31)10-26-22(20(16)18)21(17)23-27-12-28-29-23/h3-8,12,17,21,25H,9-11H2,1-2H3,(H,27,28,29). The summed E-state index contributed by atoms with van der Waals surface area (Å²) in [6.07, 6.45) is 1.48. The van der Waals surface area contributed by atoms with Gasteiger partial charge >= 0.3 is 0 Å². The zero-order chi connectivity index (χ0) is 21.5. The van der Waals surface area contributed by atoms with Crippen molar-refractivity contribution in [2.24, 2.45) is 4.99 Å². The summed E-state index contributed by atoms with van der Waals surface area (Å²) in [5.41, 5.74) is 4.72. The van der Waals surface area contributed by atoms with Crippen molar-refractivity contribution in [2.45, 2.75) is 18.4 Å². The highest BCUT2D eigenvalue weighted by Gasteiger charge is 2.39. The molecule has 2 aliphatic heterocycles. The maximum Gasteiger partial charge on any atom is 0.185 e. The highest BCUT2D eigenvalue weighted by molar-refractivity contribution is 6.20. The van der Waals surface area contributed by atoms with Gasteiger partial charge in [0.25, 0.3) is 0 Å². The Morgan fingerprint density at radius 1 is 1.19 bits per heavy atom. The maximum atomic E-state index is 14.3. The predicted octanol–water partition coefficient (Wildman–Crippen LogP) is 2.98. The third-order valence-electron chi connectivity index (χ3n) is 5.90. The minimum Gasteiger partial charge on any atom is -0.384 e. The Bertz CT molecular complexity index is 1150. The van der Waals surface area contributed by atoms with Crippen molar-refractivity contribution >= 4 is 17.2 Å². The van der Waals surface area contributed by atoms with E-state index in [1.54, 1.807) is 0 Å². The second-order valence-corrected chi connectivity index (χ2v) is 8.32. The van der Waals surface area contributed by atoms with Crippen molar-refractivity contribution in [3.05, 3.63) is 76.6 Å². The number of aliphatic imine (C=N–C) groups is 1. The first-order chi connectivity index (χ1) is 15.0. The number of aromatic nitrogens is 3. The molecule has 2 unspecified atom stereocenters. The number of halogens is 1. The van der Waals surface area contributed by atoms with Crippen molar-refractivity contribution in [1.82, 2.24) is 20.1 Å². The molecule has 5 rings (SSSR count). The van der Waals surface area contributed by atoms with Crippen LogP contribution in [-0.4, -0.2) is 58.8 Å². The van der Waals surface area contributed by atoms with Crippen LogP contribution in [0.1, 0.15) is 44.7 Å². The molecular formula is C23H23FN6O. The third kappa shape index (κ3) is 3.53. The van der Waals surface area contributed by atoms with E-state index in [4.69, 9.17) is 0 Å². The van der Waals surface area contributed by atoms with E-state index in [1.165, 1.54) is 24.0 Å². The summed E-state index contributed by atoms with van der Waals surface area (Å²) < 4.78 is 14.3. The average Bonchev–Trinajstić information content (AvgIpc) is 3.21. The molecule has 1 aromatic heterocycles. The predicted molar refractivity (Wildman–Crippen MR) is 116 cm³/mol. The number of nitrogens with one attached hydrogen (secondary N) is 2. The van der Waals surface area contributed by atoms with Crippen LogP contribution in [0.3, 0.4) is 0 Å². The monoisotopic (exact) mass is 418 g/mol. The summed E-state index contributed by atoms with van der Waals surface area (Å²) in [6, 6.07) is 11.3. The minimum absolute atomic E-state index is 0.00432. The van der Waals surface area contributed by atoms with Crippen LogP contribution in [-0.2, 0) is 6.54 Å². The minimum atomic E-state index is -0.432. The number of carbonyl (C=O) groups is 1. The number of Topliss-reactive ketones (excluding diaryl/α,β-unsaturated/α-hetero) is 1. The molecule has 7 nitrogen and oxygen atoms in total. The van der Waals surface area contributed by atoms with Gasteiger partial charge in [-0.3, -0.25) is 14.9 Å². The Morgan fingerprint density at radius 3 is 2.71 bits per heavy atom. The van der Waals surface area contributed by atoms with Gasteiger partial charge in [0.15, 0.2) is 5.78 Å². The molecule has 3 aromatic rings. The molecule has 2 aliphatic rings. The van der Waals surface area contributed by atoms with E-state index in [-0.39, 0.29) is 24.2 Å². The summed E-state index contributed by atoms with van der Waals surface area (Å²) in [6.45, 7) is 1.41. The first-order valence-electron chi connectivity index (χ1n) is 10.3. The SMILES string of the molecule is CN(C)Cc1ccc(C2CNc3cc(F)cc4c3C(=NCC4=O)C2c2ncn[nH]2)cc1. The van der Waals surface area contributed by atoms with Gasteiger partial charge < -0.3 is 10.2 Å². The quantitative estimate of drug-likeness (QED) is 0.680. The summed E-state index contributed by atoms with van der Waals surface area (Å²) in [4.78, 5) is 23.7. The molecule has 0 spiro atoms. The van der Waals surface area contributed by atoms with Gasteiger partial charge in [-0.25, -0.2) is 9.37 Å². The lowest BCUT2D eigenvalue weighted by Gasteiger charge is -2.27. The number of carbonyl (C=O) groups excluding carboxylic acids is 1. The fourth-order valence-electron chi connectivity index (χ4n) is 4.58. The van der Waals surface area contributed by atoms with Crippen molar-refractivity contribution in [2.75, 3.05) is 32.5 Å². The van der Waals surface area contributed by atoms with Crippen LogP contribution >= 0.6 is 0 Å². The van der Waals surface area contributed by atoms with Gasteiger partial charge in [0.1, 0.15) is 24.5 Å². The van der Waals surface area contributed by atoms with Crippen LogP contribution in [0.5, 0.6) is 0 Å². The average molecular weight is 418 g/mol. The van der Waals surface area contributed by atoms with Crippen LogP contribution in [0.2, 0.25) is 0 Å². The normalized spacial score (nSPS) is 20.1. The first kappa shape index (κ1) is 19.6. The molecule has 0 saturated carbocycles. The van der Waals surface area contributed by atoms with Crippen LogP contribution in [0.25, 0.3) is 0 Å². The molecule has 0 saturated heterocycles. The zero-order valence-corrected chi connectivity index (χ0v) is 17.4. The summed E-state index contributed by atoms with van der Waals surface area (Å²) >= 11 is 0. The van der Waals surface area contributed by atoms with E-state index in [2.05, 4.69) is 54.7 Å². The fraction of sp³-hybridized carbons (Fsp3) is 0.304. The molecule has 0 fully saturated rings.